The summed E-state index contributed by atoms with van der Waals surface area (Å²) in [5.41, 5.74) is 0. The number of nitrogens with zero attached hydrogens (tertiary/aromatic N) is 2. The number of likely N-dealkylation sites (N-methyl/N-ethyl adjacent to an activating group) is 1. The fraction of sp³-hybridized carbons (Fsp3) is 0.900. The molecule has 1 heterocycles. The van der Waals surface area contributed by atoms with Crippen molar-refractivity contribution in [1.29, 1.82) is 0 Å². The van der Waals surface area contributed by atoms with Gasteiger partial charge in [-0.25, -0.2) is 0 Å². The maximum absolute atomic E-state index is 11.4. The van der Waals surface area contributed by atoms with Gasteiger partial charge in [-0.05, 0) is 13.5 Å². The number of esters is 1. The lowest BCUT2D eigenvalue weighted by atomic mass is 10.1. The minimum Gasteiger partial charge on any atom is -0.468 e. The highest BCUT2D eigenvalue weighted by atomic mass is 16.5. The monoisotopic (exact) mass is 200 g/mol. The summed E-state index contributed by atoms with van der Waals surface area (Å²) in [5.74, 6) is -0.1000. The van der Waals surface area contributed by atoms with Crippen LogP contribution in [0.2, 0.25) is 0 Å². The van der Waals surface area contributed by atoms with E-state index in [2.05, 4.69) is 16.8 Å². The molecular formula is C10H20N2O2. The van der Waals surface area contributed by atoms with Gasteiger partial charge in [0.25, 0.3) is 0 Å². The summed E-state index contributed by atoms with van der Waals surface area (Å²) in [6.07, 6.45) is 0.830. The quantitative estimate of drug-likeness (QED) is 0.609. The van der Waals surface area contributed by atoms with Crippen molar-refractivity contribution in [3.63, 3.8) is 0 Å². The molecule has 4 heteroatoms. The molecule has 0 aliphatic carbocycles. The van der Waals surface area contributed by atoms with Crippen LogP contribution in [0.1, 0.15) is 13.3 Å². The van der Waals surface area contributed by atoms with Gasteiger partial charge in [-0.15, -0.1) is 0 Å². The number of ether oxygens (including phenoxy) is 1. The SMILES string of the molecule is CC[C@@H](C(=O)OC)N1CCN(C)CC1. The zero-order valence-electron chi connectivity index (χ0n) is 9.32. The van der Waals surface area contributed by atoms with Crippen molar-refractivity contribution in [2.24, 2.45) is 0 Å². The molecule has 1 rings (SSSR count). The molecule has 0 unspecified atom stereocenters. The molecule has 0 saturated carbocycles. The van der Waals surface area contributed by atoms with E-state index >= 15 is 0 Å². The molecule has 0 bridgehead atoms. The zero-order valence-corrected chi connectivity index (χ0v) is 9.32. The number of hydrogen-bond donors (Lipinski definition) is 0. The topological polar surface area (TPSA) is 32.8 Å². The first-order chi connectivity index (χ1) is 6.69. The molecular weight excluding hydrogens is 180 g/mol. The van der Waals surface area contributed by atoms with Crippen LogP contribution in [0.3, 0.4) is 0 Å². The average Bonchev–Trinajstić information content (AvgIpc) is 2.21. The van der Waals surface area contributed by atoms with Crippen LogP contribution in [-0.4, -0.2) is 62.1 Å². The van der Waals surface area contributed by atoms with E-state index in [9.17, 15) is 4.79 Å². The number of carbonyl (C=O) groups is 1. The minimum absolute atomic E-state index is 0.0475. The molecule has 82 valence electrons. The third-order valence-corrected chi connectivity index (χ3v) is 2.84. The van der Waals surface area contributed by atoms with Crippen molar-refractivity contribution in [1.82, 2.24) is 9.80 Å². The summed E-state index contributed by atoms with van der Waals surface area (Å²) < 4.78 is 4.79. The van der Waals surface area contributed by atoms with Gasteiger partial charge in [-0.3, -0.25) is 9.69 Å². The average molecular weight is 200 g/mol. The first kappa shape index (κ1) is 11.5. The summed E-state index contributed by atoms with van der Waals surface area (Å²) in [6.45, 7) is 6.02. The molecule has 0 aromatic heterocycles. The molecule has 0 aromatic carbocycles. The fourth-order valence-electron chi connectivity index (χ4n) is 1.84. The molecule has 0 spiro atoms. The van der Waals surface area contributed by atoms with E-state index in [0.717, 1.165) is 32.6 Å². The molecule has 0 aromatic rings. The van der Waals surface area contributed by atoms with E-state index in [0.29, 0.717) is 0 Å². The molecule has 0 amide bonds. The molecule has 1 fully saturated rings. The Morgan fingerprint density at radius 2 is 1.93 bits per heavy atom. The van der Waals surface area contributed by atoms with E-state index in [1.807, 2.05) is 6.92 Å². The lowest BCUT2D eigenvalue weighted by molar-refractivity contribution is -0.147. The molecule has 0 radical (unpaired) electrons. The smallest absolute Gasteiger partial charge is 0.323 e. The van der Waals surface area contributed by atoms with E-state index in [-0.39, 0.29) is 12.0 Å². The second kappa shape index (κ2) is 5.32. The van der Waals surface area contributed by atoms with Crippen LogP contribution in [0.15, 0.2) is 0 Å². The highest BCUT2D eigenvalue weighted by Crippen LogP contribution is 2.09. The van der Waals surface area contributed by atoms with Crippen molar-refractivity contribution in [2.75, 3.05) is 40.3 Å². The molecule has 4 nitrogen and oxygen atoms in total. The third-order valence-electron chi connectivity index (χ3n) is 2.84. The summed E-state index contributed by atoms with van der Waals surface area (Å²) in [5, 5.41) is 0. The second-order valence-corrected chi connectivity index (χ2v) is 3.79. The van der Waals surface area contributed by atoms with E-state index in [4.69, 9.17) is 4.74 Å². The lowest BCUT2D eigenvalue weighted by Crippen LogP contribution is -2.51. The normalized spacial score (nSPS) is 21.9. The lowest BCUT2D eigenvalue weighted by Gasteiger charge is -2.36. The van der Waals surface area contributed by atoms with E-state index in [1.165, 1.54) is 7.11 Å². The Morgan fingerprint density at radius 1 is 1.36 bits per heavy atom. The Kier molecular flexibility index (Phi) is 4.35. The van der Waals surface area contributed by atoms with Crippen molar-refractivity contribution in [2.45, 2.75) is 19.4 Å². The highest BCUT2D eigenvalue weighted by Gasteiger charge is 2.27. The highest BCUT2D eigenvalue weighted by molar-refractivity contribution is 5.75. The number of rotatable bonds is 3. The first-order valence-corrected chi connectivity index (χ1v) is 5.19. The Labute approximate surface area is 85.8 Å². The predicted octanol–water partition coefficient (Wildman–Crippen LogP) is 0.185. The number of hydrogen-bond acceptors (Lipinski definition) is 4. The van der Waals surface area contributed by atoms with Gasteiger partial charge in [0.15, 0.2) is 0 Å². The molecule has 0 N–H and O–H groups in total. The Morgan fingerprint density at radius 3 is 2.36 bits per heavy atom. The standard InChI is InChI=1S/C10H20N2O2/c1-4-9(10(13)14-3)12-7-5-11(2)6-8-12/h9H,4-8H2,1-3H3/t9-/m0/s1. The third kappa shape index (κ3) is 2.69. The van der Waals surface area contributed by atoms with Gasteiger partial charge >= 0.3 is 5.97 Å². The maximum atomic E-state index is 11.4. The molecule has 1 saturated heterocycles. The van der Waals surface area contributed by atoms with Gasteiger partial charge in [0.1, 0.15) is 6.04 Å². The Bertz CT molecular complexity index is 189. The number of carbonyl (C=O) groups excluding carboxylic acids is 1. The predicted molar refractivity (Wildman–Crippen MR) is 55.2 cm³/mol. The van der Waals surface area contributed by atoms with E-state index < -0.39 is 0 Å². The van der Waals surface area contributed by atoms with Gasteiger partial charge in [0.2, 0.25) is 0 Å². The van der Waals surface area contributed by atoms with Crippen LogP contribution < -0.4 is 0 Å². The van der Waals surface area contributed by atoms with Crippen LogP contribution in [0, 0.1) is 0 Å². The molecule has 14 heavy (non-hydrogen) atoms. The second-order valence-electron chi connectivity index (χ2n) is 3.79. The van der Waals surface area contributed by atoms with E-state index in [1.54, 1.807) is 0 Å². The van der Waals surface area contributed by atoms with Gasteiger partial charge in [-0.1, -0.05) is 6.92 Å². The van der Waals surface area contributed by atoms with Crippen LogP contribution >= 0.6 is 0 Å². The largest absolute Gasteiger partial charge is 0.468 e. The number of piperazine rings is 1. The Balaban J connectivity index is 2.48. The van der Waals surface area contributed by atoms with Crippen LogP contribution in [0.5, 0.6) is 0 Å². The van der Waals surface area contributed by atoms with Gasteiger partial charge in [0.05, 0.1) is 7.11 Å². The first-order valence-electron chi connectivity index (χ1n) is 5.19. The molecule has 1 aliphatic rings. The van der Waals surface area contributed by atoms with Crippen molar-refractivity contribution in [3.8, 4) is 0 Å². The van der Waals surface area contributed by atoms with Crippen molar-refractivity contribution < 1.29 is 9.53 Å². The number of methoxy groups -OCH3 is 1. The zero-order chi connectivity index (χ0) is 10.6. The summed E-state index contributed by atoms with van der Waals surface area (Å²) in [4.78, 5) is 15.9. The van der Waals surface area contributed by atoms with Gasteiger partial charge in [-0.2, -0.15) is 0 Å². The summed E-state index contributed by atoms with van der Waals surface area (Å²) in [7, 11) is 3.57. The van der Waals surface area contributed by atoms with Crippen molar-refractivity contribution >= 4 is 5.97 Å². The van der Waals surface area contributed by atoms with Crippen LogP contribution in [-0.2, 0) is 9.53 Å². The fourth-order valence-corrected chi connectivity index (χ4v) is 1.84. The minimum atomic E-state index is -0.1000. The van der Waals surface area contributed by atoms with Crippen LogP contribution in [0.25, 0.3) is 0 Å². The molecule has 1 aliphatic heterocycles. The summed E-state index contributed by atoms with van der Waals surface area (Å²) >= 11 is 0. The summed E-state index contributed by atoms with van der Waals surface area (Å²) in [6, 6.07) is -0.0475. The van der Waals surface area contributed by atoms with Crippen molar-refractivity contribution in [3.05, 3.63) is 0 Å². The van der Waals surface area contributed by atoms with Crippen LogP contribution in [0.4, 0.5) is 0 Å². The molecule has 1 atom stereocenters. The Hall–Kier alpha value is -0.610. The van der Waals surface area contributed by atoms with Gasteiger partial charge in [0, 0.05) is 26.2 Å². The van der Waals surface area contributed by atoms with Gasteiger partial charge < -0.3 is 9.64 Å². The maximum Gasteiger partial charge on any atom is 0.323 e.